The molecule has 2 heterocycles. The Hall–Kier alpha value is -2.43. The summed E-state index contributed by atoms with van der Waals surface area (Å²) < 4.78 is 14.7. The van der Waals surface area contributed by atoms with Gasteiger partial charge in [-0.3, -0.25) is 4.40 Å². The highest BCUT2D eigenvalue weighted by atomic mass is 19.1. The van der Waals surface area contributed by atoms with E-state index in [-0.39, 0.29) is 11.6 Å². The van der Waals surface area contributed by atoms with Crippen LogP contribution in [0, 0.1) is 5.82 Å². The van der Waals surface area contributed by atoms with Crippen LogP contribution < -0.4 is 0 Å². The molecule has 4 nitrogen and oxygen atoms in total. The average Bonchev–Trinajstić information content (AvgIpc) is 2.71. The summed E-state index contributed by atoms with van der Waals surface area (Å²) in [5, 5.41) is 17.4. The van der Waals surface area contributed by atoms with E-state index in [1.165, 1.54) is 24.4 Å². The summed E-state index contributed by atoms with van der Waals surface area (Å²) in [6, 6.07) is 9.26. The number of benzene rings is 1. The maximum absolute atomic E-state index is 13.1. The molecule has 2 aromatic heterocycles. The second kappa shape index (κ2) is 3.55. The van der Waals surface area contributed by atoms with Crippen LogP contribution in [-0.4, -0.2) is 19.7 Å². The number of hydrogen-bond acceptors (Lipinski definition) is 3. The SMILES string of the molecule is Oc1ccc2nnc(-c3cccc(F)c3)n2c1. The average molecular weight is 229 g/mol. The second-order valence-corrected chi connectivity index (χ2v) is 3.65. The molecule has 0 atom stereocenters. The highest BCUT2D eigenvalue weighted by Crippen LogP contribution is 2.20. The van der Waals surface area contributed by atoms with Crippen LogP contribution in [0.25, 0.3) is 17.0 Å². The molecule has 84 valence electrons. The lowest BCUT2D eigenvalue weighted by atomic mass is 10.2. The summed E-state index contributed by atoms with van der Waals surface area (Å²) in [6.45, 7) is 0. The van der Waals surface area contributed by atoms with Crippen LogP contribution in [0.5, 0.6) is 5.75 Å². The fourth-order valence-electron chi connectivity index (χ4n) is 1.70. The third-order valence-corrected chi connectivity index (χ3v) is 2.47. The van der Waals surface area contributed by atoms with Gasteiger partial charge in [-0.2, -0.15) is 0 Å². The monoisotopic (exact) mass is 229 g/mol. The predicted molar refractivity (Wildman–Crippen MR) is 60.0 cm³/mol. The normalized spacial score (nSPS) is 10.9. The Morgan fingerprint density at radius 3 is 2.82 bits per heavy atom. The molecule has 0 saturated carbocycles. The van der Waals surface area contributed by atoms with E-state index in [0.29, 0.717) is 17.0 Å². The van der Waals surface area contributed by atoms with Gasteiger partial charge in [0.2, 0.25) is 0 Å². The molecule has 0 saturated heterocycles. The predicted octanol–water partition coefficient (Wildman–Crippen LogP) is 2.24. The lowest BCUT2D eigenvalue weighted by molar-refractivity contribution is 0.472. The van der Waals surface area contributed by atoms with Gasteiger partial charge >= 0.3 is 0 Å². The molecule has 0 aliphatic rings. The molecule has 1 N–H and O–H groups in total. The minimum absolute atomic E-state index is 0.106. The lowest BCUT2D eigenvalue weighted by Crippen LogP contribution is -1.89. The Labute approximate surface area is 96.0 Å². The molecule has 3 aromatic rings. The molecule has 0 radical (unpaired) electrons. The fourth-order valence-corrected chi connectivity index (χ4v) is 1.70. The van der Waals surface area contributed by atoms with Gasteiger partial charge in [0.05, 0.1) is 6.20 Å². The van der Waals surface area contributed by atoms with Crippen molar-refractivity contribution < 1.29 is 9.50 Å². The number of aromatic nitrogens is 3. The number of halogens is 1. The van der Waals surface area contributed by atoms with Gasteiger partial charge in [0.15, 0.2) is 11.5 Å². The van der Waals surface area contributed by atoms with Gasteiger partial charge in [-0.1, -0.05) is 12.1 Å². The summed E-state index contributed by atoms with van der Waals surface area (Å²) >= 11 is 0. The molecule has 5 heteroatoms. The first kappa shape index (κ1) is 9.77. The van der Waals surface area contributed by atoms with Gasteiger partial charge in [0, 0.05) is 5.56 Å². The summed E-state index contributed by atoms with van der Waals surface area (Å²) in [5.74, 6) is 0.268. The minimum Gasteiger partial charge on any atom is -0.506 e. The smallest absolute Gasteiger partial charge is 0.168 e. The van der Waals surface area contributed by atoms with E-state index in [0.717, 1.165) is 0 Å². The van der Waals surface area contributed by atoms with Crippen LogP contribution in [0.3, 0.4) is 0 Å². The van der Waals surface area contributed by atoms with Crippen LogP contribution in [0.2, 0.25) is 0 Å². The number of fused-ring (bicyclic) bond motifs is 1. The van der Waals surface area contributed by atoms with Gasteiger partial charge in [-0.15, -0.1) is 10.2 Å². The maximum atomic E-state index is 13.1. The Morgan fingerprint density at radius 1 is 1.12 bits per heavy atom. The number of pyridine rings is 1. The van der Waals surface area contributed by atoms with E-state index < -0.39 is 0 Å². The highest BCUT2D eigenvalue weighted by Gasteiger charge is 2.08. The maximum Gasteiger partial charge on any atom is 0.168 e. The van der Waals surface area contributed by atoms with Crippen molar-refractivity contribution in [3.8, 4) is 17.1 Å². The van der Waals surface area contributed by atoms with E-state index in [2.05, 4.69) is 10.2 Å². The number of nitrogens with zero attached hydrogens (tertiary/aromatic N) is 3. The van der Waals surface area contributed by atoms with Crippen LogP contribution in [-0.2, 0) is 0 Å². The third-order valence-electron chi connectivity index (χ3n) is 2.47. The molecule has 1 aromatic carbocycles. The van der Waals surface area contributed by atoms with Crippen molar-refractivity contribution >= 4 is 5.65 Å². The first-order valence-electron chi connectivity index (χ1n) is 5.04. The highest BCUT2D eigenvalue weighted by molar-refractivity contribution is 5.59. The Balaban J connectivity index is 2.27. The minimum atomic E-state index is -0.334. The zero-order valence-electron chi connectivity index (χ0n) is 8.71. The van der Waals surface area contributed by atoms with Gasteiger partial charge in [0.1, 0.15) is 11.6 Å². The zero-order chi connectivity index (χ0) is 11.8. The quantitative estimate of drug-likeness (QED) is 0.696. The fraction of sp³-hybridized carbons (Fsp3) is 0. The van der Waals surface area contributed by atoms with Crippen LogP contribution in [0.4, 0.5) is 4.39 Å². The van der Waals surface area contributed by atoms with Crippen LogP contribution in [0.1, 0.15) is 0 Å². The molecular weight excluding hydrogens is 221 g/mol. The van der Waals surface area contributed by atoms with Gasteiger partial charge in [-0.25, -0.2) is 4.39 Å². The van der Waals surface area contributed by atoms with E-state index >= 15 is 0 Å². The van der Waals surface area contributed by atoms with Gasteiger partial charge < -0.3 is 5.11 Å². The van der Waals surface area contributed by atoms with E-state index in [1.54, 1.807) is 22.6 Å². The summed E-state index contributed by atoms with van der Waals surface area (Å²) in [6.07, 6.45) is 1.50. The van der Waals surface area contributed by atoms with Crippen LogP contribution in [0.15, 0.2) is 42.6 Å². The molecule has 0 unspecified atom stereocenters. The zero-order valence-corrected chi connectivity index (χ0v) is 8.71. The van der Waals surface area contributed by atoms with Crippen molar-refractivity contribution in [2.45, 2.75) is 0 Å². The largest absolute Gasteiger partial charge is 0.506 e. The van der Waals surface area contributed by atoms with Gasteiger partial charge in [0.25, 0.3) is 0 Å². The standard InChI is InChI=1S/C12H8FN3O/c13-9-3-1-2-8(6-9)12-15-14-11-5-4-10(17)7-16(11)12/h1-7,17H. The molecule has 17 heavy (non-hydrogen) atoms. The van der Waals surface area contributed by atoms with Crippen molar-refractivity contribution in [2.24, 2.45) is 0 Å². The summed E-state index contributed by atoms with van der Waals surface area (Å²) in [4.78, 5) is 0. The molecule has 0 aliphatic carbocycles. The van der Waals surface area contributed by atoms with E-state index in [1.807, 2.05) is 0 Å². The molecule has 0 bridgehead atoms. The van der Waals surface area contributed by atoms with Crippen molar-refractivity contribution in [3.63, 3.8) is 0 Å². The molecule has 0 amide bonds. The topological polar surface area (TPSA) is 50.4 Å². The van der Waals surface area contributed by atoms with Crippen molar-refractivity contribution in [3.05, 3.63) is 48.4 Å². The van der Waals surface area contributed by atoms with Crippen molar-refractivity contribution in [1.82, 2.24) is 14.6 Å². The summed E-state index contributed by atoms with van der Waals surface area (Å²) in [7, 11) is 0. The van der Waals surface area contributed by atoms with Gasteiger partial charge in [-0.05, 0) is 24.3 Å². The molecule has 0 fully saturated rings. The molecule has 0 spiro atoms. The van der Waals surface area contributed by atoms with E-state index in [4.69, 9.17) is 0 Å². The lowest BCUT2D eigenvalue weighted by Gasteiger charge is -2.00. The Morgan fingerprint density at radius 2 is 2.00 bits per heavy atom. The Bertz CT molecular complexity index is 693. The molecule has 0 aliphatic heterocycles. The summed E-state index contributed by atoms with van der Waals surface area (Å²) in [5.41, 5.74) is 1.21. The molecule has 3 rings (SSSR count). The third kappa shape index (κ3) is 1.61. The van der Waals surface area contributed by atoms with Crippen molar-refractivity contribution in [1.29, 1.82) is 0 Å². The first-order valence-corrected chi connectivity index (χ1v) is 5.04. The van der Waals surface area contributed by atoms with E-state index in [9.17, 15) is 9.50 Å². The number of hydrogen-bond donors (Lipinski definition) is 1. The number of aromatic hydroxyl groups is 1. The Kier molecular flexibility index (Phi) is 2.04. The first-order chi connectivity index (χ1) is 8.24. The van der Waals surface area contributed by atoms with Crippen LogP contribution >= 0.6 is 0 Å². The van der Waals surface area contributed by atoms with Crippen molar-refractivity contribution in [2.75, 3.05) is 0 Å². The molecular formula is C12H8FN3O. The number of rotatable bonds is 1. The second-order valence-electron chi connectivity index (χ2n) is 3.65.